The largest absolute Gasteiger partial charge is 0.366 e. The summed E-state index contributed by atoms with van der Waals surface area (Å²) in [6.07, 6.45) is 5.52. The predicted molar refractivity (Wildman–Crippen MR) is 61.8 cm³/mol. The molecule has 2 aliphatic rings. The third-order valence-electron chi connectivity index (χ3n) is 3.35. The number of nitrogens with one attached hydrogen (secondary N) is 1. The second kappa shape index (κ2) is 5.83. The van der Waals surface area contributed by atoms with Crippen molar-refractivity contribution in [2.45, 2.75) is 38.6 Å². The lowest BCUT2D eigenvalue weighted by Crippen LogP contribution is -2.41. The standard InChI is InChI=1S/C12H24N2O/c1-2-15-10-14-7-3-4-11(9-14)8-13-12-5-6-12/h11-13H,2-10H2,1H3. The molecule has 0 aromatic rings. The fourth-order valence-electron chi connectivity index (χ4n) is 2.28. The fourth-order valence-corrected chi connectivity index (χ4v) is 2.28. The van der Waals surface area contributed by atoms with Crippen molar-refractivity contribution in [3.63, 3.8) is 0 Å². The molecule has 1 aliphatic carbocycles. The number of likely N-dealkylation sites (tertiary alicyclic amines) is 1. The Morgan fingerprint density at radius 1 is 1.33 bits per heavy atom. The van der Waals surface area contributed by atoms with Crippen LogP contribution in [0.2, 0.25) is 0 Å². The van der Waals surface area contributed by atoms with Gasteiger partial charge in [0.15, 0.2) is 0 Å². The Labute approximate surface area is 93.2 Å². The number of ether oxygens (including phenoxy) is 1. The predicted octanol–water partition coefficient (Wildman–Crippen LogP) is 1.44. The molecular weight excluding hydrogens is 188 g/mol. The summed E-state index contributed by atoms with van der Waals surface area (Å²) in [6.45, 7) is 7.39. The zero-order chi connectivity index (χ0) is 10.5. The first-order chi connectivity index (χ1) is 7.38. The van der Waals surface area contributed by atoms with E-state index in [0.29, 0.717) is 0 Å². The van der Waals surface area contributed by atoms with Gasteiger partial charge in [0.2, 0.25) is 0 Å². The average Bonchev–Trinajstić information content (AvgIpc) is 3.08. The number of rotatable bonds is 6. The number of piperidine rings is 1. The molecule has 3 nitrogen and oxygen atoms in total. The van der Waals surface area contributed by atoms with Gasteiger partial charge in [0, 0.05) is 25.7 Å². The van der Waals surface area contributed by atoms with Gasteiger partial charge in [-0.25, -0.2) is 0 Å². The second-order valence-electron chi connectivity index (χ2n) is 4.89. The SMILES string of the molecule is CCOCN1CCCC(CNC2CC2)C1. The molecule has 15 heavy (non-hydrogen) atoms. The van der Waals surface area contributed by atoms with Crippen LogP contribution >= 0.6 is 0 Å². The highest BCUT2D eigenvalue weighted by Crippen LogP contribution is 2.21. The lowest BCUT2D eigenvalue weighted by molar-refractivity contribution is 0.0123. The molecule has 3 heteroatoms. The molecule has 1 saturated heterocycles. The molecule has 0 bridgehead atoms. The molecule has 1 atom stereocenters. The Balaban J connectivity index is 1.61. The number of nitrogens with zero attached hydrogens (tertiary/aromatic N) is 1. The van der Waals surface area contributed by atoms with Gasteiger partial charge in [-0.05, 0) is 45.1 Å². The summed E-state index contributed by atoms with van der Waals surface area (Å²) in [5.41, 5.74) is 0. The van der Waals surface area contributed by atoms with Crippen LogP contribution in [0, 0.1) is 5.92 Å². The highest BCUT2D eigenvalue weighted by atomic mass is 16.5. The minimum atomic E-state index is 0.830. The average molecular weight is 212 g/mol. The van der Waals surface area contributed by atoms with Crippen molar-refractivity contribution >= 4 is 0 Å². The van der Waals surface area contributed by atoms with Gasteiger partial charge in [-0.1, -0.05) is 0 Å². The molecule has 0 aromatic heterocycles. The van der Waals surface area contributed by atoms with E-state index in [1.807, 2.05) is 0 Å². The highest BCUT2D eigenvalue weighted by Gasteiger charge is 2.24. The van der Waals surface area contributed by atoms with Crippen LogP contribution in [-0.4, -0.2) is 43.9 Å². The van der Waals surface area contributed by atoms with Gasteiger partial charge in [-0.3, -0.25) is 4.90 Å². The van der Waals surface area contributed by atoms with E-state index < -0.39 is 0 Å². The zero-order valence-corrected chi connectivity index (χ0v) is 9.87. The monoisotopic (exact) mass is 212 g/mol. The third kappa shape index (κ3) is 4.09. The molecule has 2 rings (SSSR count). The lowest BCUT2D eigenvalue weighted by atomic mass is 9.98. The van der Waals surface area contributed by atoms with Crippen molar-refractivity contribution in [3.05, 3.63) is 0 Å². The van der Waals surface area contributed by atoms with Crippen molar-refractivity contribution in [2.75, 3.05) is 33.0 Å². The minimum absolute atomic E-state index is 0.830. The van der Waals surface area contributed by atoms with Crippen LogP contribution < -0.4 is 5.32 Å². The summed E-state index contributed by atoms with van der Waals surface area (Å²) in [5.74, 6) is 0.847. The van der Waals surface area contributed by atoms with Crippen molar-refractivity contribution in [3.8, 4) is 0 Å². The molecule has 1 N–H and O–H groups in total. The molecule has 0 spiro atoms. The van der Waals surface area contributed by atoms with Crippen LogP contribution in [0.1, 0.15) is 32.6 Å². The third-order valence-corrected chi connectivity index (χ3v) is 3.35. The lowest BCUT2D eigenvalue weighted by Gasteiger charge is -2.32. The van der Waals surface area contributed by atoms with Gasteiger partial charge >= 0.3 is 0 Å². The number of hydrogen-bond acceptors (Lipinski definition) is 3. The van der Waals surface area contributed by atoms with E-state index >= 15 is 0 Å². The van der Waals surface area contributed by atoms with E-state index in [2.05, 4.69) is 17.1 Å². The van der Waals surface area contributed by atoms with E-state index in [9.17, 15) is 0 Å². The van der Waals surface area contributed by atoms with E-state index in [0.717, 1.165) is 25.3 Å². The minimum Gasteiger partial charge on any atom is -0.366 e. The number of hydrogen-bond donors (Lipinski definition) is 1. The van der Waals surface area contributed by atoms with E-state index in [1.165, 1.54) is 45.3 Å². The summed E-state index contributed by atoms with van der Waals surface area (Å²) in [5, 5.41) is 3.64. The van der Waals surface area contributed by atoms with Crippen LogP contribution in [0.25, 0.3) is 0 Å². The zero-order valence-electron chi connectivity index (χ0n) is 9.87. The van der Waals surface area contributed by atoms with Gasteiger partial charge in [-0.2, -0.15) is 0 Å². The highest BCUT2D eigenvalue weighted by molar-refractivity contribution is 4.83. The van der Waals surface area contributed by atoms with Crippen molar-refractivity contribution in [1.29, 1.82) is 0 Å². The topological polar surface area (TPSA) is 24.5 Å². The maximum absolute atomic E-state index is 5.46. The Bertz CT molecular complexity index is 182. The quantitative estimate of drug-likeness (QED) is 0.721. The first kappa shape index (κ1) is 11.4. The molecule has 2 fully saturated rings. The maximum atomic E-state index is 5.46. The molecule has 0 aromatic carbocycles. The van der Waals surface area contributed by atoms with Crippen LogP contribution in [0.5, 0.6) is 0 Å². The normalized spacial score (nSPS) is 28.2. The molecule has 1 aliphatic heterocycles. The summed E-state index contributed by atoms with van der Waals surface area (Å²) in [4.78, 5) is 2.45. The maximum Gasteiger partial charge on any atom is 0.0990 e. The first-order valence-electron chi connectivity index (χ1n) is 6.42. The molecule has 1 heterocycles. The molecule has 0 amide bonds. The Kier molecular flexibility index (Phi) is 4.42. The fraction of sp³-hybridized carbons (Fsp3) is 1.00. The van der Waals surface area contributed by atoms with Crippen molar-refractivity contribution in [2.24, 2.45) is 5.92 Å². The summed E-state index contributed by atoms with van der Waals surface area (Å²) in [7, 11) is 0. The van der Waals surface area contributed by atoms with E-state index in [-0.39, 0.29) is 0 Å². The molecule has 88 valence electrons. The van der Waals surface area contributed by atoms with Crippen LogP contribution in [-0.2, 0) is 4.74 Å². The summed E-state index contributed by atoms with van der Waals surface area (Å²) in [6, 6.07) is 0.854. The van der Waals surface area contributed by atoms with E-state index in [4.69, 9.17) is 4.74 Å². The van der Waals surface area contributed by atoms with Crippen LogP contribution in [0.4, 0.5) is 0 Å². The molecule has 1 unspecified atom stereocenters. The van der Waals surface area contributed by atoms with Crippen molar-refractivity contribution < 1.29 is 4.74 Å². The molecule has 0 radical (unpaired) electrons. The Hall–Kier alpha value is -0.120. The van der Waals surface area contributed by atoms with Gasteiger partial charge in [0.05, 0.1) is 6.73 Å². The van der Waals surface area contributed by atoms with E-state index in [1.54, 1.807) is 0 Å². The van der Waals surface area contributed by atoms with Crippen LogP contribution in [0.3, 0.4) is 0 Å². The Morgan fingerprint density at radius 3 is 2.93 bits per heavy atom. The molecule has 1 saturated carbocycles. The van der Waals surface area contributed by atoms with Gasteiger partial charge in [0.25, 0.3) is 0 Å². The van der Waals surface area contributed by atoms with Crippen LogP contribution in [0.15, 0.2) is 0 Å². The first-order valence-corrected chi connectivity index (χ1v) is 6.42. The summed E-state index contributed by atoms with van der Waals surface area (Å²) < 4.78 is 5.46. The van der Waals surface area contributed by atoms with Gasteiger partial charge < -0.3 is 10.1 Å². The van der Waals surface area contributed by atoms with Gasteiger partial charge in [-0.15, -0.1) is 0 Å². The van der Waals surface area contributed by atoms with Gasteiger partial charge in [0.1, 0.15) is 0 Å². The molecular formula is C12H24N2O. The summed E-state index contributed by atoms with van der Waals surface area (Å²) >= 11 is 0. The van der Waals surface area contributed by atoms with Crippen molar-refractivity contribution in [1.82, 2.24) is 10.2 Å². The smallest absolute Gasteiger partial charge is 0.0990 e. The Morgan fingerprint density at radius 2 is 2.20 bits per heavy atom. The second-order valence-corrected chi connectivity index (χ2v) is 4.89.